The Morgan fingerprint density at radius 1 is 1.19 bits per heavy atom. The maximum Gasteiger partial charge on any atom is 0.0639 e. The highest BCUT2D eigenvalue weighted by Crippen LogP contribution is 2.31. The first-order valence-corrected chi connectivity index (χ1v) is 6.55. The van der Waals surface area contributed by atoms with Gasteiger partial charge in [-0.1, -0.05) is 37.6 Å². The van der Waals surface area contributed by atoms with E-state index in [0.29, 0.717) is 0 Å². The van der Waals surface area contributed by atoms with Crippen LogP contribution in [-0.4, -0.2) is 13.1 Å². The minimum atomic E-state index is 0.813. The van der Waals surface area contributed by atoms with Crippen molar-refractivity contribution in [2.75, 3.05) is 18.0 Å². The molecular weight excluding hydrogens is 218 g/mol. The third-order valence-electron chi connectivity index (χ3n) is 3.68. The Hall–Kier alpha value is -0.690. The lowest BCUT2D eigenvalue weighted by atomic mass is 9.86. The number of para-hydroxylation sites is 1. The first-order chi connectivity index (χ1) is 7.68. The third kappa shape index (κ3) is 2.52. The second-order valence-corrected chi connectivity index (χ2v) is 5.43. The summed E-state index contributed by atoms with van der Waals surface area (Å²) in [5, 5.41) is 0.880. The largest absolute Gasteiger partial charge is 0.370 e. The van der Waals surface area contributed by atoms with Gasteiger partial charge in [0, 0.05) is 13.1 Å². The first-order valence-electron chi connectivity index (χ1n) is 6.18. The summed E-state index contributed by atoms with van der Waals surface area (Å²) < 4.78 is 0. The van der Waals surface area contributed by atoms with Crippen molar-refractivity contribution in [3.8, 4) is 0 Å². The van der Waals surface area contributed by atoms with Gasteiger partial charge in [0.1, 0.15) is 0 Å². The van der Waals surface area contributed by atoms with E-state index in [2.05, 4.69) is 30.9 Å². The number of hydrogen-bond acceptors (Lipinski definition) is 1. The Morgan fingerprint density at radius 3 is 2.38 bits per heavy atom. The van der Waals surface area contributed by atoms with Crippen LogP contribution in [0.4, 0.5) is 5.69 Å². The van der Waals surface area contributed by atoms with Crippen LogP contribution in [0, 0.1) is 11.8 Å². The van der Waals surface area contributed by atoms with Crippen molar-refractivity contribution in [3.63, 3.8) is 0 Å². The van der Waals surface area contributed by atoms with Gasteiger partial charge in [-0.3, -0.25) is 0 Å². The molecule has 2 rings (SSSR count). The molecule has 0 amide bonds. The highest BCUT2D eigenvalue weighted by atomic mass is 35.5. The van der Waals surface area contributed by atoms with E-state index in [1.165, 1.54) is 18.5 Å². The fourth-order valence-electron chi connectivity index (χ4n) is 2.52. The SMILES string of the molecule is CC(C)C1CCN(c2ccccc2Cl)CC1. The standard InChI is InChI=1S/C14H20ClN/c1-11(2)12-7-9-16(10-8-12)14-6-4-3-5-13(14)15/h3-6,11-12H,7-10H2,1-2H3. The van der Waals surface area contributed by atoms with E-state index < -0.39 is 0 Å². The average Bonchev–Trinajstić information content (AvgIpc) is 2.30. The van der Waals surface area contributed by atoms with E-state index in [1.54, 1.807) is 0 Å². The van der Waals surface area contributed by atoms with Crippen LogP contribution in [-0.2, 0) is 0 Å². The summed E-state index contributed by atoms with van der Waals surface area (Å²) in [4.78, 5) is 2.42. The van der Waals surface area contributed by atoms with E-state index in [1.807, 2.05) is 12.1 Å². The average molecular weight is 238 g/mol. The molecule has 16 heavy (non-hydrogen) atoms. The molecule has 2 heteroatoms. The molecule has 1 nitrogen and oxygen atoms in total. The second-order valence-electron chi connectivity index (χ2n) is 5.02. The summed E-state index contributed by atoms with van der Waals surface area (Å²) in [6.07, 6.45) is 2.59. The van der Waals surface area contributed by atoms with Crippen LogP contribution < -0.4 is 4.90 Å². The van der Waals surface area contributed by atoms with Crippen LogP contribution in [0.1, 0.15) is 26.7 Å². The van der Waals surface area contributed by atoms with Crippen molar-refractivity contribution in [1.29, 1.82) is 0 Å². The van der Waals surface area contributed by atoms with Crippen LogP contribution >= 0.6 is 11.6 Å². The molecule has 0 atom stereocenters. The molecule has 0 unspecified atom stereocenters. The Kier molecular flexibility index (Phi) is 3.75. The van der Waals surface area contributed by atoms with E-state index in [-0.39, 0.29) is 0 Å². The van der Waals surface area contributed by atoms with Gasteiger partial charge in [-0.25, -0.2) is 0 Å². The Morgan fingerprint density at radius 2 is 1.81 bits per heavy atom. The van der Waals surface area contributed by atoms with Gasteiger partial charge in [0.25, 0.3) is 0 Å². The maximum atomic E-state index is 6.21. The van der Waals surface area contributed by atoms with Crippen molar-refractivity contribution >= 4 is 17.3 Å². The van der Waals surface area contributed by atoms with E-state index >= 15 is 0 Å². The number of benzene rings is 1. The molecule has 1 aliphatic rings. The predicted molar refractivity (Wildman–Crippen MR) is 71.2 cm³/mol. The zero-order valence-electron chi connectivity index (χ0n) is 10.1. The van der Waals surface area contributed by atoms with E-state index in [9.17, 15) is 0 Å². The zero-order valence-corrected chi connectivity index (χ0v) is 10.9. The van der Waals surface area contributed by atoms with Crippen molar-refractivity contribution in [2.24, 2.45) is 11.8 Å². The van der Waals surface area contributed by atoms with Gasteiger partial charge in [-0.15, -0.1) is 0 Å². The Bertz CT molecular complexity index is 340. The summed E-state index contributed by atoms with van der Waals surface area (Å²) in [6.45, 7) is 6.95. The predicted octanol–water partition coefficient (Wildman–Crippen LogP) is 4.21. The van der Waals surface area contributed by atoms with E-state index in [4.69, 9.17) is 11.6 Å². The maximum absolute atomic E-state index is 6.21. The van der Waals surface area contributed by atoms with E-state index in [0.717, 1.165) is 29.9 Å². The smallest absolute Gasteiger partial charge is 0.0639 e. The first kappa shape index (κ1) is 11.8. The van der Waals surface area contributed by atoms with Gasteiger partial charge in [0.15, 0.2) is 0 Å². The molecule has 0 spiro atoms. The zero-order chi connectivity index (χ0) is 11.5. The normalized spacial score (nSPS) is 18.1. The second kappa shape index (κ2) is 5.09. The molecule has 1 saturated heterocycles. The van der Waals surface area contributed by atoms with Crippen LogP contribution in [0.2, 0.25) is 5.02 Å². The number of halogens is 1. The molecule has 88 valence electrons. The fraction of sp³-hybridized carbons (Fsp3) is 0.571. The summed E-state index contributed by atoms with van der Waals surface area (Å²) in [7, 11) is 0. The molecule has 1 aliphatic heterocycles. The Labute approximate surface area is 103 Å². The molecule has 0 aliphatic carbocycles. The quantitative estimate of drug-likeness (QED) is 0.745. The molecule has 1 aromatic carbocycles. The van der Waals surface area contributed by atoms with Crippen LogP contribution in [0.15, 0.2) is 24.3 Å². The summed E-state index contributed by atoms with van der Waals surface area (Å²) in [5.41, 5.74) is 1.20. The Balaban J connectivity index is 2.02. The van der Waals surface area contributed by atoms with Crippen LogP contribution in [0.3, 0.4) is 0 Å². The topological polar surface area (TPSA) is 3.24 Å². The summed E-state index contributed by atoms with van der Waals surface area (Å²) >= 11 is 6.21. The highest BCUT2D eigenvalue weighted by Gasteiger charge is 2.22. The fourth-order valence-corrected chi connectivity index (χ4v) is 2.77. The lowest BCUT2D eigenvalue weighted by Gasteiger charge is -2.35. The molecule has 1 fully saturated rings. The lowest BCUT2D eigenvalue weighted by Crippen LogP contribution is -2.35. The molecule has 0 bridgehead atoms. The van der Waals surface area contributed by atoms with Gasteiger partial charge in [0.2, 0.25) is 0 Å². The number of rotatable bonds is 2. The van der Waals surface area contributed by atoms with Gasteiger partial charge < -0.3 is 4.90 Å². The number of piperidine rings is 1. The van der Waals surface area contributed by atoms with Crippen molar-refractivity contribution < 1.29 is 0 Å². The number of anilines is 1. The summed E-state index contributed by atoms with van der Waals surface area (Å²) in [6, 6.07) is 8.16. The molecule has 0 aromatic heterocycles. The number of nitrogens with zero attached hydrogens (tertiary/aromatic N) is 1. The molecule has 0 saturated carbocycles. The van der Waals surface area contributed by atoms with Crippen molar-refractivity contribution in [1.82, 2.24) is 0 Å². The lowest BCUT2D eigenvalue weighted by molar-refractivity contribution is 0.311. The molecule has 1 aromatic rings. The molecule has 0 N–H and O–H groups in total. The van der Waals surface area contributed by atoms with Crippen LogP contribution in [0.25, 0.3) is 0 Å². The van der Waals surface area contributed by atoms with Gasteiger partial charge in [-0.2, -0.15) is 0 Å². The van der Waals surface area contributed by atoms with Crippen molar-refractivity contribution in [2.45, 2.75) is 26.7 Å². The highest BCUT2D eigenvalue weighted by molar-refractivity contribution is 6.33. The third-order valence-corrected chi connectivity index (χ3v) is 4.00. The van der Waals surface area contributed by atoms with Gasteiger partial charge in [-0.05, 0) is 36.8 Å². The molecule has 0 radical (unpaired) electrons. The number of hydrogen-bond donors (Lipinski definition) is 0. The molecular formula is C14H20ClN. The monoisotopic (exact) mass is 237 g/mol. The summed E-state index contributed by atoms with van der Waals surface area (Å²) in [5.74, 6) is 1.70. The van der Waals surface area contributed by atoms with Crippen LogP contribution in [0.5, 0.6) is 0 Å². The van der Waals surface area contributed by atoms with Gasteiger partial charge in [0.05, 0.1) is 10.7 Å². The minimum absolute atomic E-state index is 0.813. The van der Waals surface area contributed by atoms with Crippen molar-refractivity contribution in [3.05, 3.63) is 29.3 Å². The minimum Gasteiger partial charge on any atom is -0.370 e. The van der Waals surface area contributed by atoms with Gasteiger partial charge >= 0.3 is 0 Å². The molecule has 1 heterocycles.